The third-order valence-corrected chi connectivity index (χ3v) is 4.63. The van der Waals surface area contributed by atoms with Crippen molar-refractivity contribution in [1.29, 1.82) is 0 Å². The number of ether oxygens (including phenoxy) is 1. The number of hydrogen-bond donors (Lipinski definition) is 0. The lowest BCUT2D eigenvalue weighted by Gasteiger charge is -2.34. The Morgan fingerprint density at radius 3 is 2.72 bits per heavy atom. The van der Waals surface area contributed by atoms with Crippen LogP contribution in [0.4, 0.5) is 0 Å². The molecule has 1 aromatic rings. The first-order valence-corrected chi connectivity index (χ1v) is 7.28. The Labute approximate surface area is 114 Å². The van der Waals surface area contributed by atoms with Gasteiger partial charge >= 0.3 is 0 Å². The first-order valence-electron chi connectivity index (χ1n) is 6.90. The van der Waals surface area contributed by atoms with Gasteiger partial charge in [-0.3, -0.25) is 4.90 Å². The fourth-order valence-electron chi connectivity index (χ4n) is 3.46. The largest absolute Gasteiger partial charge is 0.496 e. The molecule has 0 spiro atoms. The summed E-state index contributed by atoms with van der Waals surface area (Å²) >= 11 is 6.46. The molecule has 1 aliphatic carbocycles. The van der Waals surface area contributed by atoms with Gasteiger partial charge < -0.3 is 4.74 Å². The van der Waals surface area contributed by atoms with Crippen LogP contribution in [0.1, 0.15) is 42.9 Å². The number of methoxy groups -OCH3 is 1. The predicted molar refractivity (Wildman–Crippen MR) is 74.5 cm³/mol. The molecule has 18 heavy (non-hydrogen) atoms. The van der Waals surface area contributed by atoms with E-state index in [1.54, 1.807) is 7.11 Å². The highest BCUT2D eigenvalue weighted by atomic mass is 35.5. The van der Waals surface area contributed by atoms with E-state index in [1.807, 2.05) is 12.1 Å². The molecule has 0 unspecified atom stereocenters. The first-order chi connectivity index (χ1) is 8.81. The normalized spacial score (nSPS) is 24.0. The van der Waals surface area contributed by atoms with Crippen molar-refractivity contribution in [3.05, 3.63) is 28.3 Å². The van der Waals surface area contributed by atoms with Crippen LogP contribution >= 0.6 is 11.6 Å². The summed E-state index contributed by atoms with van der Waals surface area (Å²) in [6.07, 6.45) is 6.23. The zero-order valence-corrected chi connectivity index (χ0v) is 11.7. The third-order valence-electron chi connectivity index (χ3n) is 4.30. The van der Waals surface area contributed by atoms with Crippen molar-refractivity contribution in [2.24, 2.45) is 0 Å². The minimum atomic E-state index is 0.513. The van der Waals surface area contributed by atoms with Gasteiger partial charge in [0.2, 0.25) is 0 Å². The van der Waals surface area contributed by atoms with Gasteiger partial charge in [0.15, 0.2) is 0 Å². The number of halogens is 1. The molecule has 1 aliphatic heterocycles. The van der Waals surface area contributed by atoms with Crippen LogP contribution in [0.2, 0.25) is 5.02 Å². The smallest absolute Gasteiger partial charge is 0.122 e. The highest BCUT2D eigenvalue weighted by molar-refractivity contribution is 6.31. The Kier molecular flexibility index (Phi) is 3.49. The number of rotatable bonds is 2. The van der Waals surface area contributed by atoms with Crippen LogP contribution in [-0.2, 0) is 6.42 Å². The molecular formula is C15H20ClNO. The predicted octanol–water partition coefficient (Wildman–Crippen LogP) is 3.82. The second-order valence-corrected chi connectivity index (χ2v) is 5.70. The van der Waals surface area contributed by atoms with E-state index in [0.29, 0.717) is 6.04 Å². The summed E-state index contributed by atoms with van der Waals surface area (Å²) < 4.78 is 5.50. The summed E-state index contributed by atoms with van der Waals surface area (Å²) in [5, 5.41) is 0.919. The van der Waals surface area contributed by atoms with Gasteiger partial charge in [-0.1, -0.05) is 11.6 Å². The molecule has 1 heterocycles. The molecule has 1 aromatic carbocycles. The van der Waals surface area contributed by atoms with Gasteiger partial charge in [-0.2, -0.15) is 0 Å². The van der Waals surface area contributed by atoms with E-state index in [0.717, 1.165) is 17.2 Å². The van der Waals surface area contributed by atoms with Crippen LogP contribution in [-0.4, -0.2) is 25.1 Å². The topological polar surface area (TPSA) is 12.5 Å². The van der Waals surface area contributed by atoms with Crippen molar-refractivity contribution in [3.8, 4) is 5.75 Å². The molecule has 0 amide bonds. The molecule has 0 N–H and O–H groups in total. The lowest BCUT2D eigenvalue weighted by Crippen LogP contribution is -2.29. The molecule has 2 aliphatic rings. The Balaban J connectivity index is 2.03. The van der Waals surface area contributed by atoms with Crippen LogP contribution < -0.4 is 4.74 Å². The molecule has 0 aromatic heterocycles. The summed E-state index contributed by atoms with van der Waals surface area (Å²) in [5.41, 5.74) is 2.68. The average Bonchev–Trinajstić information content (AvgIpc) is 2.92. The fourth-order valence-corrected chi connectivity index (χ4v) is 3.76. The molecule has 3 rings (SSSR count). The fraction of sp³-hybridized carbons (Fsp3) is 0.600. The van der Waals surface area contributed by atoms with Crippen molar-refractivity contribution in [2.75, 3.05) is 20.2 Å². The maximum Gasteiger partial charge on any atom is 0.122 e. The maximum atomic E-state index is 6.46. The molecule has 0 bridgehead atoms. The van der Waals surface area contributed by atoms with E-state index in [4.69, 9.17) is 16.3 Å². The summed E-state index contributed by atoms with van der Waals surface area (Å²) in [7, 11) is 1.75. The Bertz CT molecular complexity index is 440. The number of likely N-dealkylation sites (tertiary alicyclic amines) is 1. The lowest BCUT2D eigenvalue weighted by molar-refractivity contribution is 0.220. The van der Waals surface area contributed by atoms with Crippen molar-refractivity contribution in [3.63, 3.8) is 0 Å². The standard InChI is InChI=1S/C15H20ClNO/c1-18-14-8-7-12(16)15-11(14)5-4-6-13(15)17-9-2-3-10-17/h7-8,13H,2-6,9-10H2,1H3/t13-/m0/s1. The molecule has 1 atom stereocenters. The Morgan fingerprint density at radius 1 is 1.22 bits per heavy atom. The van der Waals surface area contributed by atoms with Gasteiger partial charge in [-0.15, -0.1) is 0 Å². The van der Waals surface area contributed by atoms with Crippen molar-refractivity contribution < 1.29 is 4.74 Å². The van der Waals surface area contributed by atoms with Gasteiger partial charge in [0, 0.05) is 16.6 Å². The monoisotopic (exact) mass is 265 g/mol. The van der Waals surface area contributed by atoms with Crippen molar-refractivity contribution in [2.45, 2.75) is 38.1 Å². The average molecular weight is 266 g/mol. The van der Waals surface area contributed by atoms with Gasteiger partial charge in [0.05, 0.1) is 7.11 Å². The summed E-state index contributed by atoms with van der Waals surface area (Å²) in [5.74, 6) is 1.01. The Morgan fingerprint density at radius 2 is 2.00 bits per heavy atom. The SMILES string of the molecule is COc1ccc(Cl)c2c1CCC[C@@H]2N1CCCC1. The molecule has 1 saturated heterocycles. The van der Waals surface area contributed by atoms with Crippen LogP contribution in [0.15, 0.2) is 12.1 Å². The van der Waals surface area contributed by atoms with Crippen molar-refractivity contribution in [1.82, 2.24) is 4.90 Å². The highest BCUT2D eigenvalue weighted by Gasteiger charge is 2.31. The van der Waals surface area contributed by atoms with Crippen LogP contribution in [0.25, 0.3) is 0 Å². The summed E-state index contributed by atoms with van der Waals surface area (Å²) in [4.78, 5) is 2.60. The van der Waals surface area contributed by atoms with Crippen molar-refractivity contribution >= 4 is 11.6 Å². The van der Waals surface area contributed by atoms with Gasteiger partial charge in [-0.25, -0.2) is 0 Å². The van der Waals surface area contributed by atoms with Gasteiger partial charge in [-0.05, 0) is 62.9 Å². The van der Waals surface area contributed by atoms with Gasteiger partial charge in [0.1, 0.15) is 5.75 Å². The molecular weight excluding hydrogens is 246 g/mol. The second-order valence-electron chi connectivity index (χ2n) is 5.29. The van der Waals surface area contributed by atoms with Gasteiger partial charge in [0.25, 0.3) is 0 Å². The minimum Gasteiger partial charge on any atom is -0.496 e. The quantitative estimate of drug-likeness (QED) is 0.806. The van der Waals surface area contributed by atoms with E-state index in [2.05, 4.69) is 4.90 Å². The van der Waals surface area contributed by atoms with Crippen LogP contribution in [0.5, 0.6) is 5.75 Å². The lowest BCUT2D eigenvalue weighted by atomic mass is 9.86. The zero-order chi connectivity index (χ0) is 12.5. The Hall–Kier alpha value is -0.730. The second kappa shape index (κ2) is 5.10. The molecule has 1 fully saturated rings. The summed E-state index contributed by atoms with van der Waals surface area (Å²) in [6.45, 7) is 2.44. The third kappa shape index (κ3) is 2.02. The zero-order valence-electron chi connectivity index (χ0n) is 10.9. The van der Waals surface area contributed by atoms with E-state index in [9.17, 15) is 0 Å². The molecule has 3 heteroatoms. The van der Waals surface area contributed by atoms with Crippen LogP contribution in [0.3, 0.4) is 0 Å². The van der Waals surface area contributed by atoms with E-state index in [-0.39, 0.29) is 0 Å². The summed E-state index contributed by atoms with van der Waals surface area (Å²) in [6, 6.07) is 4.51. The molecule has 98 valence electrons. The number of benzene rings is 1. The molecule has 0 radical (unpaired) electrons. The van der Waals surface area contributed by atoms with Crippen LogP contribution in [0, 0.1) is 0 Å². The first kappa shape index (κ1) is 12.3. The molecule has 2 nitrogen and oxygen atoms in total. The number of nitrogens with zero attached hydrogens (tertiary/aromatic N) is 1. The van der Waals surface area contributed by atoms with E-state index < -0.39 is 0 Å². The molecule has 0 saturated carbocycles. The van der Waals surface area contributed by atoms with E-state index >= 15 is 0 Å². The number of fused-ring (bicyclic) bond motifs is 1. The maximum absolute atomic E-state index is 6.46. The van der Waals surface area contributed by atoms with E-state index in [1.165, 1.54) is 49.9 Å². The number of hydrogen-bond acceptors (Lipinski definition) is 2. The minimum absolute atomic E-state index is 0.513. The highest BCUT2D eigenvalue weighted by Crippen LogP contribution is 2.43.